The molecule has 338 valence electrons. The topological polar surface area (TPSA) is 9.72 Å². The fourth-order valence-electron chi connectivity index (χ4n) is 11.4. The number of aryl methyl sites for hydroxylation is 3. The van der Waals surface area contributed by atoms with Crippen LogP contribution in [0.3, 0.4) is 0 Å². The summed E-state index contributed by atoms with van der Waals surface area (Å²) in [5, 5.41) is 0. The lowest BCUT2D eigenvalue weighted by atomic mass is 9.33. The van der Waals surface area contributed by atoms with E-state index in [-0.39, 0.29) is 23.0 Å². The molecule has 8 aromatic rings. The quantitative estimate of drug-likeness (QED) is 0.154. The first kappa shape index (κ1) is 43.8. The van der Waals surface area contributed by atoms with Gasteiger partial charge in [0.1, 0.15) is 0 Å². The van der Waals surface area contributed by atoms with Crippen LogP contribution >= 0.6 is 0 Å². The summed E-state index contributed by atoms with van der Waals surface area (Å²) in [6, 6.07) is 63.0. The molecule has 68 heavy (non-hydrogen) atoms. The molecule has 2 heterocycles. The molecule has 0 amide bonds. The number of anilines is 9. The predicted octanol–water partition coefficient (Wildman–Crippen LogP) is 15.6. The van der Waals surface area contributed by atoms with Gasteiger partial charge in [0, 0.05) is 45.5 Å². The van der Waals surface area contributed by atoms with Gasteiger partial charge >= 0.3 is 0 Å². The number of hydrogen-bond donors (Lipinski definition) is 0. The Kier molecular flexibility index (Phi) is 10.2. The predicted molar refractivity (Wildman–Crippen MR) is 293 cm³/mol. The molecule has 8 aromatic carbocycles. The van der Waals surface area contributed by atoms with Crippen LogP contribution < -0.4 is 31.1 Å². The van der Waals surface area contributed by atoms with Gasteiger partial charge in [-0.2, -0.15) is 0 Å². The first-order valence-electron chi connectivity index (χ1n) is 24.7. The Bertz CT molecular complexity index is 3200. The second kappa shape index (κ2) is 15.9. The summed E-state index contributed by atoms with van der Waals surface area (Å²) >= 11 is 0. The molecule has 0 fully saturated rings. The van der Waals surface area contributed by atoms with Crippen LogP contribution in [-0.2, 0) is 23.7 Å². The van der Waals surface area contributed by atoms with Crippen molar-refractivity contribution >= 4 is 74.3 Å². The number of rotatable bonds is 6. The van der Waals surface area contributed by atoms with E-state index in [0.717, 1.165) is 29.9 Å². The van der Waals surface area contributed by atoms with E-state index in [1.165, 1.54) is 101 Å². The fourth-order valence-corrected chi connectivity index (χ4v) is 11.4. The summed E-state index contributed by atoms with van der Waals surface area (Å²) < 4.78 is 0. The fraction of sp³-hybridized carbons (Fsp3) is 0.250. The van der Waals surface area contributed by atoms with Crippen molar-refractivity contribution in [3.8, 4) is 11.1 Å². The smallest absolute Gasteiger partial charge is 0.252 e. The van der Waals surface area contributed by atoms with E-state index in [1.807, 2.05) is 0 Å². The molecule has 4 heteroatoms. The largest absolute Gasteiger partial charge is 0.311 e. The molecule has 0 saturated heterocycles. The van der Waals surface area contributed by atoms with Gasteiger partial charge in [-0.3, -0.25) is 0 Å². The summed E-state index contributed by atoms with van der Waals surface area (Å²) in [4.78, 5) is 7.71. The lowest BCUT2D eigenvalue weighted by molar-refractivity contribution is 0.392. The van der Waals surface area contributed by atoms with E-state index in [2.05, 4.69) is 255 Å². The minimum Gasteiger partial charge on any atom is -0.311 e. The monoisotopic (exact) mass is 886 g/mol. The average molecular weight is 886 g/mol. The third-order valence-electron chi connectivity index (χ3n) is 15.0. The van der Waals surface area contributed by atoms with Crippen LogP contribution in [0, 0.1) is 26.2 Å². The highest BCUT2D eigenvalue weighted by molar-refractivity contribution is 7.00. The van der Waals surface area contributed by atoms with Gasteiger partial charge in [0.25, 0.3) is 6.71 Å². The minimum absolute atomic E-state index is 0.00964. The zero-order chi connectivity index (χ0) is 47.4. The summed E-state index contributed by atoms with van der Waals surface area (Å²) in [5.74, 6) is 0. The molecule has 11 rings (SSSR count). The van der Waals surface area contributed by atoms with Gasteiger partial charge in [0.2, 0.25) is 0 Å². The van der Waals surface area contributed by atoms with Crippen LogP contribution in [-0.4, -0.2) is 6.71 Å². The van der Waals surface area contributed by atoms with Gasteiger partial charge in [-0.25, -0.2) is 0 Å². The molecule has 0 N–H and O–H groups in total. The maximum atomic E-state index is 2.63. The van der Waals surface area contributed by atoms with Crippen LogP contribution in [0.15, 0.2) is 164 Å². The van der Waals surface area contributed by atoms with Crippen molar-refractivity contribution < 1.29 is 0 Å². The van der Waals surface area contributed by atoms with Gasteiger partial charge < -0.3 is 14.7 Å². The number of para-hydroxylation sites is 2. The third-order valence-corrected chi connectivity index (χ3v) is 15.0. The summed E-state index contributed by atoms with van der Waals surface area (Å²) in [5.41, 5.74) is 26.8. The Hall–Kier alpha value is -6.78. The van der Waals surface area contributed by atoms with Crippen LogP contribution in [0.25, 0.3) is 11.1 Å². The molecule has 0 unspecified atom stereocenters. The first-order chi connectivity index (χ1) is 32.4. The van der Waals surface area contributed by atoms with E-state index < -0.39 is 0 Å². The molecule has 1 aliphatic carbocycles. The van der Waals surface area contributed by atoms with Crippen LogP contribution in [0.5, 0.6) is 0 Å². The van der Waals surface area contributed by atoms with E-state index in [4.69, 9.17) is 0 Å². The van der Waals surface area contributed by atoms with Gasteiger partial charge in [0.05, 0.1) is 5.69 Å². The molecule has 0 spiro atoms. The molecular weight excluding hydrogens is 822 g/mol. The van der Waals surface area contributed by atoms with Gasteiger partial charge in [-0.05, 0) is 171 Å². The van der Waals surface area contributed by atoms with Crippen LogP contribution in [0.4, 0.5) is 51.2 Å². The second-order valence-corrected chi connectivity index (χ2v) is 22.8. The van der Waals surface area contributed by atoms with E-state index in [0.29, 0.717) is 0 Å². The minimum atomic E-state index is -0.00964. The van der Waals surface area contributed by atoms with Crippen molar-refractivity contribution in [2.75, 3.05) is 14.7 Å². The third kappa shape index (κ3) is 7.44. The molecule has 3 aliphatic rings. The van der Waals surface area contributed by atoms with Gasteiger partial charge in [-0.1, -0.05) is 164 Å². The molecule has 0 bridgehead atoms. The molecule has 3 nitrogen and oxygen atoms in total. The van der Waals surface area contributed by atoms with E-state index in [9.17, 15) is 0 Å². The zero-order valence-electron chi connectivity index (χ0n) is 41.9. The van der Waals surface area contributed by atoms with Crippen molar-refractivity contribution in [2.24, 2.45) is 5.41 Å². The first-order valence-corrected chi connectivity index (χ1v) is 24.7. The number of hydrogen-bond acceptors (Lipinski definition) is 3. The van der Waals surface area contributed by atoms with Gasteiger partial charge in [0.15, 0.2) is 0 Å². The summed E-state index contributed by atoms with van der Waals surface area (Å²) in [7, 11) is 0. The highest BCUT2D eigenvalue weighted by Gasteiger charge is 2.46. The Morgan fingerprint density at radius 1 is 0.441 bits per heavy atom. The van der Waals surface area contributed by atoms with Crippen molar-refractivity contribution in [3.63, 3.8) is 0 Å². The molecule has 0 atom stereocenters. The van der Waals surface area contributed by atoms with Crippen molar-refractivity contribution in [1.29, 1.82) is 0 Å². The van der Waals surface area contributed by atoms with Crippen LogP contribution in [0.2, 0.25) is 0 Å². The lowest BCUT2D eigenvalue weighted by Gasteiger charge is -2.45. The zero-order valence-corrected chi connectivity index (χ0v) is 41.9. The molecule has 2 aliphatic heterocycles. The standard InChI is InChI=1S/C64H64BN3/c1-41-20-22-44(23-21-41)45-24-33-57-53(34-45)65-54-35-46-39-64(10,11)40-47(46)36-58(54)68(56-19-15-13-17-43(56)3)60-38-52(37-59(61(60)65)67(57)55-18-14-12-16-42(55)2)66(50-29-25-48(26-30-50)62(4,5)6)51-31-27-49(28-32-51)63(7,8)9/h12-38H,39-40H2,1-11H3. The Labute approximate surface area is 406 Å². The number of nitrogens with zero attached hydrogens (tertiary/aromatic N) is 3. The normalized spacial score (nSPS) is 14.6. The average Bonchev–Trinajstić information content (AvgIpc) is 3.61. The van der Waals surface area contributed by atoms with Crippen molar-refractivity contribution in [2.45, 2.75) is 99.8 Å². The molecule has 0 saturated carbocycles. The van der Waals surface area contributed by atoms with Crippen molar-refractivity contribution in [1.82, 2.24) is 0 Å². The molecular formula is C64H64BN3. The Morgan fingerprint density at radius 3 is 1.43 bits per heavy atom. The molecule has 0 aromatic heterocycles. The summed E-state index contributed by atoms with van der Waals surface area (Å²) in [6.45, 7) is 25.4. The highest BCUT2D eigenvalue weighted by Crippen LogP contribution is 2.50. The van der Waals surface area contributed by atoms with E-state index >= 15 is 0 Å². The van der Waals surface area contributed by atoms with Crippen LogP contribution in [0.1, 0.15) is 94.3 Å². The van der Waals surface area contributed by atoms with Crippen molar-refractivity contribution in [3.05, 3.63) is 203 Å². The SMILES string of the molecule is Cc1ccc(-c2ccc3c(c2)B2c4cc5c(cc4N(c4ccccc4C)c4cc(N(c6ccc(C(C)(C)C)cc6)c6ccc(C(C)(C)C)cc6)cc(c42)N3c2ccccc2C)CC(C)(C)C5)cc1. The molecule has 0 radical (unpaired) electrons. The highest BCUT2D eigenvalue weighted by atomic mass is 15.2. The lowest BCUT2D eigenvalue weighted by Crippen LogP contribution is -2.61. The maximum Gasteiger partial charge on any atom is 0.252 e. The summed E-state index contributed by atoms with van der Waals surface area (Å²) in [6.07, 6.45) is 2.14. The second-order valence-electron chi connectivity index (χ2n) is 22.8. The van der Waals surface area contributed by atoms with Gasteiger partial charge in [-0.15, -0.1) is 0 Å². The Balaban J connectivity index is 1.26. The maximum absolute atomic E-state index is 2.63. The number of fused-ring (bicyclic) bond motifs is 5. The number of benzene rings is 8. The Morgan fingerprint density at radius 2 is 0.912 bits per heavy atom. The van der Waals surface area contributed by atoms with E-state index in [1.54, 1.807) is 0 Å².